The highest BCUT2D eigenvalue weighted by molar-refractivity contribution is 5.91. The van der Waals surface area contributed by atoms with Gasteiger partial charge in [-0.05, 0) is 30.7 Å². The monoisotopic (exact) mass is 289 g/mol. The Labute approximate surface area is 113 Å². The summed E-state index contributed by atoms with van der Waals surface area (Å²) in [5.41, 5.74) is -0.893. The first-order valence-electron chi connectivity index (χ1n) is 5.95. The zero-order chi connectivity index (χ0) is 15.2. The third-order valence-electron chi connectivity index (χ3n) is 2.35. The molecule has 4 nitrogen and oxygen atoms in total. The molecule has 0 spiro atoms. The molecule has 1 aromatic carbocycles. The van der Waals surface area contributed by atoms with Crippen LogP contribution in [0.15, 0.2) is 24.3 Å². The van der Waals surface area contributed by atoms with Crippen LogP contribution in [-0.2, 0) is 15.7 Å². The van der Waals surface area contributed by atoms with Crippen LogP contribution in [0.3, 0.4) is 0 Å². The molecular formula is C13H14F3NO3. The SMILES string of the molecule is CCCNC(=O)COC(=O)c1ccc(C(F)(F)F)cc1. The average Bonchev–Trinajstić information content (AvgIpc) is 2.41. The number of ether oxygens (including phenoxy) is 1. The van der Waals surface area contributed by atoms with Gasteiger partial charge in [-0.25, -0.2) is 4.79 Å². The topological polar surface area (TPSA) is 55.4 Å². The minimum atomic E-state index is -4.46. The summed E-state index contributed by atoms with van der Waals surface area (Å²) in [4.78, 5) is 22.7. The molecule has 7 heteroatoms. The van der Waals surface area contributed by atoms with Gasteiger partial charge < -0.3 is 10.1 Å². The van der Waals surface area contributed by atoms with E-state index in [-0.39, 0.29) is 5.56 Å². The van der Waals surface area contributed by atoms with Gasteiger partial charge in [0.15, 0.2) is 6.61 Å². The van der Waals surface area contributed by atoms with Gasteiger partial charge in [-0.3, -0.25) is 4.79 Å². The van der Waals surface area contributed by atoms with E-state index in [1.807, 2.05) is 6.92 Å². The summed E-state index contributed by atoms with van der Waals surface area (Å²) in [7, 11) is 0. The normalized spacial score (nSPS) is 11.0. The second-order valence-electron chi connectivity index (χ2n) is 4.00. The number of hydrogen-bond donors (Lipinski definition) is 1. The molecule has 0 aliphatic heterocycles. The van der Waals surface area contributed by atoms with Crippen molar-refractivity contribution in [1.29, 1.82) is 0 Å². The van der Waals surface area contributed by atoms with Gasteiger partial charge in [0.1, 0.15) is 0 Å². The smallest absolute Gasteiger partial charge is 0.416 e. The van der Waals surface area contributed by atoms with Gasteiger partial charge in [0.05, 0.1) is 11.1 Å². The molecule has 1 aromatic rings. The van der Waals surface area contributed by atoms with E-state index in [0.29, 0.717) is 6.54 Å². The predicted molar refractivity (Wildman–Crippen MR) is 65.0 cm³/mol. The van der Waals surface area contributed by atoms with E-state index >= 15 is 0 Å². The number of alkyl halides is 3. The fourth-order valence-corrected chi connectivity index (χ4v) is 1.33. The van der Waals surface area contributed by atoms with E-state index in [9.17, 15) is 22.8 Å². The van der Waals surface area contributed by atoms with Gasteiger partial charge in [0.2, 0.25) is 0 Å². The first kappa shape index (κ1) is 16.0. The fraction of sp³-hybridized carbons (Fsp3) is 0.385. The molecule has 0 fully saturated rings. The van der Waals surface area contributed by atoms with Gasteiger partial charge in [-0.1, -0.05) is 6.92 Å². The Hall–Kier alpha value is -2.05. The molecule has 110 valence electrons. The maximum absolute atomic E-state index is 12.3. The summed E-state index contributed by atoms with van der Waals surface area (Å²) in [6.45, 7) is 1.88. The molecule has 0 saturated heterocycles. The van der Waals surface area contributed by atoms with E-state index < -0.39 is 30.2 Å². The first-order chi connectivity index (χ1) is 9.34. The summed E-state index contributed by atoms with van der Waals surface area (Å²) in [6, 6.07) is 3.59. The third kappa shape index (κ3) is 4.91. The molecule has 0 radical (unpaired) electrons. The van der Waals surface area contributed by atoms with E-state index in [1.165, 1.54) is 0 Å². The highest BCUT2D eigenvalue weighted by Crippen LogP contribution is 2.29. The molecule has 0 aromatic heterocycles. The lowest BCUT2D eigenvalue weighted by Gasteiger charge is -2.08. The van der Waals surface area contributed by atoms with Crippen molar-refractivity contribution < 1.29 is 27.5 Å². The van der Waals surface area contributed by atoms with Crippen LogP contribution in [0, 0.1) is 0 Å². The van der Waals surface area contributed by atoms with Gasteiger partial charge >= 0.3 is 12.1 Å². The Bertz CT molecular complexity index is 469. The highest BCUT2D eigenvalue weighted by Gasteiger charge is 2.30. The highest BCUT2D eigenvalue weighted by atomic mass is 19.4. The molecule has 1 amide bonds. The van der Waals surface area contributed by atoms with Crippen LogP contribution in [0.1, 0.15) is 29.3 Å². The quantitative estimate of drug-likeness (QED) is 0.847. The summed E-state index contributed by atoms with van der Waals surface area (Å²) in [5, 5.41) is 2.50. The van der Waals surface area contributed by atoms with Crippen LogP contribution in [0.25, 0.3) is 0 Å². The number of halogens is 3. The summed E-state index contributed by atoms with van der Waals surface area (Å²) in [5.74, 6) is -1.29. The largest absolute Gasteiger partial charge is 0.452 e. The lowest BCUT2D eigenvalue weighted by atomic mass is 10.1. The summed E-state index contributed by atoms with van der Waals surface area (Å²) < 4.78 is 41.7. The number of rotatable bonds is 5. The number of nitrogens with one attached hydrogen (secondary N) is 1. The summed E-state index contributed by atoms with van der Waals surface area (Å²) >= 11 is 0. The number of carbonyl (C=O) groups is 2. The van der Waals surface area contributed by atoms with Gasteiger partial charge in [0.25, 0.3) is 5.91 Å². The zero-order valence-corrected chi connectivity index (χ0v) is 10.8. The minimum Gasteiger partial charge on any atom is -0.452 e. The van der Waals surface area contributed by atoms with E-state index in [0.717, 1.165) is 30.7 Å². The van der Waals surface area contributed by atoms with Crippen molar-refractivity contribution in [1.82, 2.24) is 5.32 Å². The molecular weight excluding hydrogens is 275 g/mol. The molecule has 1 rings (SSSR count). The Kier molecular flexibility index (Phi) is 5.54. The molecule has 0 aliphatic carbocycles. The first-order valence-corrected chi connectivity index (χ1v) is 5.95. The van der Waals surface area contributed by atoms with Crippen LogP contribution in [0.5, 0.6) is 0 Å². The van der Waals surface area contributed by atoms with Crippen molar-refractivity contribution in [2.24, 2.45) is 0 Å². The van der Waals surface area contributed by atoms with E-state index in [1.54, 1.807) is 0 Å². The summed E-state index contributed by atoms with van der Waals surface area (Å²) in [6.07, 6.45) is -3.71. The van der Waals surface area contributed by atoms with Crippen LogP contribution in [0.2, 0.25) is 0 Å². The van der Waals surface area contributed by atoms with Crippen molar-refractivity contribution in [3.63, 3.8) is 0 Å². The molecule has 0 saturated carbocycles. The lowest BCUT2D eigenvalue weighted by Crippen LogP contribution is -2.29. The predicted octanol–water partition coefficient (Wildman–Crippen LogP) is 2.39. The zero-order valence-electron chi connectivity index (χ0n) is 10.8. The fourth-order valence-electron chi connectivity index (χ4n) is 1.33. The van der Waals surface area contributed by atoms with Crippen LogP contribution < -0.4 is 5.32 Å². The number of benzene rings is 1. The van der Waals surface area contributed by atoms with Crippen molar-refractivity contribution >= 4 is 11.9 Å². The molecule has 0 heterocycles. The second kappa shape index (κ2) is 6.93. The Morgan fingerprint density at radius 3 is 2.30 bits per heavy atom. The molecule has 1 N–H and O–H groups in total. The van der Waals surface area contributed by atoms with Crippen molar-refractivity contribution in [3.8, 4) is 0 Å². The number of amides is 1. The second-order valence-corrected chi connectivity index (χ2v) is 4.00. The minimum absolute atomic E-state index is 0.0405. The average molecular weight is 289 g/mol. The van der Waals surface area contributed by atoms with E-state index in [2.05, 4.69) is 10.1 Å². The van der Waals surface area contributed by atoms with Crippen LogP contribution in [-0.4, -0.2) is 25.0 Å². The Morgan fingerprint density at radius 2 is 1.80 bits per heavy atom. The molecule has 0 aliphatic rings. The third-order valence-corrected chi connectivity index (χ3v) is 2.35. The van der Waals surface area contributed by atoms with Crippen LogP contribution >= 0.6 is 0 Å². The van der Waals surface area contributed by atoms with Crippen molar-refractivity contribution in [2.45, 2.75) is 19.5 Å². The van der Waals surface area contributed by atoms with Gasteiger partial charge in [-0.2, -0.15) is 13.2 Å². The van der Waals surface area contributed by atoms with Gasteiger partial charge in [-0.15, -0.1) is 0 Å². The molecule has 0 unspecified atom stereocenters. The maximum atomic E-state index is 12.3. The number of carbonyl (C=O) groups excluding carboxylic acids is 2. The van der Waals surface area contributed by atoms with Crippen molar-refractivity contribution in [3.05, 3.63) is 35.4 Å². The molecule has 0 atom stereocenters. The number of esters is 1. The standard InChI is InChI=1S/C13H14F3NO3/c1-2-7-17-11(18)8-20-12(19)9-3-5-10(6-4-9)13(14,15)16/h3-6H,2,7-8H2,1H3,(H,17,18). The lowest BCUT2D eigenvalue weighted by molar-refractivity contribution is -0.137. The molecule has 0 bridgehead atoms. The Morgan fingerprint density at radius 1 is 1.20 bits per heavy atom. The maximum Gasteiger partial charge on any atom is 0.416 e. The van der Waals surface area contributed by atoms with Crippen LogP contribution in [0.4, 0.5) is 13.2 Å². The Balaban J connectivity index is 2.54. The number of hydrogen-bond acceptors (Lipinski definition) is 3. The van der Waals surface area contributed by atoms with Gasteiger partial charge in [0, 0.05) is 6.54 Å². The van der Waals surface area contributed by atoms with Crippen molar-refractivity contribution in [2.75, 3.05) is 13.2 Å². The van der Waals surface area contributed by atoms with E-state index in [4.69, 9.17) is 0 Å². The molecule has 20 heavy (non-hydrogen) atoms.